The van der Waals surface area contributed by atoms with Gasteiger partial charge in [-0.1, -0.05) is 26.2 Å². The highest BCUT2D eigenvalue weighted by molar-refractivity contribution is 5.77. The topological polar surface area (TPSA) is 44.4 Å². The van der Waals surface area contributed by atoms with Crippen LogP contribution >= 0.6 is 0 Å². The van der Waals surface area contributed by atoms with Crippen molar-refractivity contribution in [1.82, 2.24) is 15.5 Å². The lowest BCUT2D eigenvalue weighted by Crippen LogP contribution is -2.49. The zero-order chi connectivity index (χ0) is 15.1. The van der Waals surface area contributed by atoms with E-state index in [2.05, 4.69) is 22.5 Å². The van der Waals surface area contributed by atoms with Crippen molar-refractivity contribution < 1.29 is 4.79 Å². The summed E-state index contributed by atoms with van der Waals surface area (Å²) in [4.78, 5) is 14.8. The van der Waals surface area contributed by atoms with Crippen LogP contribution < -0.4 is 10.6 Å². The van der Waals surface area contributed by atoms with E-state index in [1.807, 2.05) is 7.05 Å². The lowest BCUT2D eigenvalue weighted by Gasteiger charge is -2.37. The van der Waals surface area contributed by atoms with Crippen LogP contribution in [-0.4, -0.2) is 49.6 Å². The van der Waals surface area contributed by atoms with Gasteiger partial charge in [0.05, 0.1) is 0 Å². The summed E-state index contributed by atoms with van der Waals surface area (Å²) in [6.07, 6.45) is 9.22. The first-order valence-electron chi connectivity index (χ1n) is 8.85. The summed E-state index contributed by atoms with van der Waals surface area (Å²) < 4.78 is 0. The minimum absolute atomic E-state index is 0.0634. The Morgan fingerprint density at radius 1 is 1.19 bits per heavy atom. The van der Waals surface area contributed by atoms with E-state index < -0.39 is 0 Å². The van der Waals surface area contributed by atoms with Gasteiger partial charge in [0, 0.05) is 18.5 Å². The van der Waals surface area contributed by atoms with Crippen LogP contribution in [0.2, 0.25) is 0 Å². The lowest BCUT2D eigenvalue weighted by molar-refractivity contribution is -0.123. The first kappa shape index (κ1) is 16.8. The molecule has 2 fully saturated rings. The number of likely N-dealkylation sites (tertiary alicyclic amines) is 1. The number of carbonyl (C=O) groups is 1. The SMILES string of the molecule is CCN1CCC(CNC(=O)CC2(NC)CCCCC2)CC1. The Morgan fingerprint density at radius 2 is 1.86 bits per heavy atom. The molecule has 2 aliphatic rings. The number of carbonyl (C=O) groups excluding carboxylic acids is 1. The average molecular weight is 295 g/mol. The molecule has 0 aromatic rings. The second kappa shape index (κ2) is 8.14. The van der Waals surface area contributed by atoms with Gasteiger partial charge >= 0.3 is 0 Å². The molecule has 0 aromatic carbocycles. The molecule has 1 aliphatic heterocycles. The van der Waals surface area contributed by atoms with Gasteiger partial charge in [0.1, 0.15) is 0 Å². The molecule has 2 rings (SSSR count). The maximum Gasteiger partial charge on any atom is 0.221 e. The predicted molar refractivity (Wildman–Crippen MR) is 87.3 cm³/mol. The van der Waals surface area contributed by atoms with Crippen LogP contribution in [0, 0.1) is 5.92 Å². The van der Waals surface area contributed by atoms with Crippen LogP contribution in [0.25, 0.3) is 0 Å². The number of hydrogen-bond donors (Lipinski definition) is 2. The van der Waals surface area contributed by atoms with Crippen LogP contribution in [0.15, 0.2) is 0 Å². The van der Waals surface area contributed by atoms with Crippen LogP contribution in [0.4, 0.5) is 0 Å². The fraction of sp³-hybridized carbons (Fsp3) is 0.941. The Bertz CT molecular complexity index is 318. The summed E-state index contributed by atoms with van der Waals surface area (Å²) in [5, 5.41) is 6.63. The van der Waals surface area contributed by atoms with Crippen LogP contribution in [0.5, 0.6) is 0 Å². The first-order valence-corrected chi connectivity index (χ1v) is 8.85. The standard InChI is InChI=1S/C17H33N3O/c1-3-20-11-7-15(8-12-20)14-19-16(21)13-17(18-2)9-5-4-6-10-17/h15,18H,3-14H2,1-2H3,(H,19,21). The minimum atomic E-state index is 0.0634. The second-order valence-electron chi connectivity index (χ2n) is 6.95. The van der Waals surface area contributed by atoms with Gasteiger partial charge in [0.2, 0.25) is 5.91 Å². The average Bonchev–Trinajstić information content (AvgIpc) is 2.54. The summed E-state index contributed by atoms with van der Waals surface area (Å²) in [6.45, 7) is 6.64. The van der Waals surface area contributed by atoms with Crippen molar-refractivity contribution in [2.45, 2.75) is 63.8 Å². The van der Waals surface area contributed by atoms with Gasteiger partial charge in [-0.2, -0.15) is 0 Å². The molecule has 2 N–H and O–H groups in total. The predicted octanol–water partition coefficient (Wildman–Crippen LogP) is 2.15. The van der Waals surface area contributed by atoms with Gasteiger partial charge in [-0.05, 0) is 58.3 Å². The Labute approximate surface area is 130 Å². The molecule has 1 heterocycles. The van der Waals surface area contributed by atoms with Gasteiger partial charge in [-0.3, -0.25) is 4.79 Å². The highest BCUT2D eigenvalue weighted by Gasteiger charge is 2.32. The maximum atomic E-state index is 12.3. The van der Waals surface area contributed by atoms with Gasteiger partial charge in [0.15, 0.2) is 0 Å². The molecule has 0 bridgehead atoms. The number of hydrogen-bond acceptors (Lipinski definition) is 3. The van der Waals surface area contributed by atoms with Crippen molar-refractivity contribution in [1.29, 1.82) is 0 Å². The van der Waals surface area contributed by atoms with Crippen LogP contribution in [0.1, 0.15) is 58.3 Å². The fourth-order valence-electron chi connectivity index (χ4n) is 3.88. The molecule has 0 spiro atoms. The number of nitrogens with zero attached hydrogens (tertiary/aromatic N) is 1. The zero-order valence-electron chi connectivity index (χ0n) is 13.9. The Balaban J connectivity index is 1.69. The Hall–Kier alpha value is -0.610. The van der Waals surface area contributed by atoms with Gasteiger partial charge in [0.25, 0.3) is 0 Å². The van der Waals surface area contributed by atoms with E-state index in [0.717, 1.165) is 25.9 Å². The van der Waals surface area contributed by atoms with Crippen LogP contribution in [-0.2, 0) is 4.79 Å². The monoisotopic (exact) mass is 295 g/mol. The molecule has 21 heavy (non-hydrogen) atoms. The highest BCUT2D eigenvalue weighted by atomic mass is 16.1. The molecule has 1 amide bonds. The minimum Gasteiger partial charge on any atom is -0.356 e. The largest absolute Gasteiger partial charge is 0.356 e. The van der Waals surface area contributed by atoms with Gasteiger partial charge in [-0.15, -0.1) is 0 Å². The molecule has 0 aromatic heterocycles. The van der Waals surface area contributed by atoms with E-state index in [1.54, 1.807) is 0 Å². The number of rotatable bonds is 6. The molecule has 0 unspecified atom stereocenters. The third-order valence-corrected chi connectivity index (χ3v) is 5.58. The van der Waals surface area contributed by atoms with Crippen molar-refractivity contribution in [3.8, 4) is 0 Å². The third-order valence-electron chi connectivity index (χ3n) is 5.58. The van der Waals surface area contributed by atoms with Gasteiger partial charge < -0.3 is 15.5 Å². The zero-order valence-corrected chi connectivity index (χ0v) is 13.9. The normalized spacial score (nSPS) is 23.9. The van der Waals surface area contributed by atoms with E-state index in [0.29, 0.717) is 12.3 Å². The number of nitrogens with one attached hydrogen (secondary N) is 2. The van der Waals surface area contributed by atoms with Crippen molar-refractivity contribution >= 4 is 5.91 Å². The molecule has 122 valence electrons. The smallest absolute Gasteiger partial charge is 0.221 e. The second-order valence-corrected chi connectivity index (χ2v) is 6.95. The van der Waals surface area contributed by atoms with Crippen molar-refractivity contribution in [3.63, 3.8) is 0 Å². The summed E-state index contributed by atoms with van der Waals surface area (Å²) in [7, 11) is 2.01. The van der Waals surface area contributed by atoms with Crippen molar-refractivity contribution in [2.75, 3.05) is 33.2 Å². The van der Waals surface area contributed by atoms with Gasteiger partial charge in [-0.25, -0.2) is 0 Å². The lowest BCUT2D eigenvalue weighted by atomic mass is 9.79. The number of piperidine rings is 1. The summed E-state index contributed by atoms with van der Waals surface area (Å²) in [5.74, 6) is 0.915. The molecule has 1 saturated carbocycles. The molecule has 0 atom stereocenters. The molecular weight excluding hydrogens is 262 g/mol. The summed E-state index contributed by atoms with van der Waals surface area (Å²) in [6, 6.07) is 0. The van der Waals surface area contributed by atoms with Crippen molar-refractivity contribution in [2.24, 2.45) is 5.92 Å². The van der Waals surface area contributed by atoms with E-state index in [9.17, 15) is 4.79 Å². The molecule has 0 radical (unpaired) electrons. The molecule has 1 saturated heterocycles. The Kier molecular flexibility index (Phi) is 6.49. The Morgan fingerprint density at radius 3 is 2.43 bits per heavy atom. The molecule has 4 heteroatoms. The number of amides is 1. The molecule has 1 aliphatic carbocycles. The van der Waals surface area contributed by atoms with Crippen molar-refractivity contribution in [3.05, 3.63) is 0 Å². The van der Waals surface area contributed by atoms with E-state index in [1.165, 1.54) is 45.2 Å². The van der Waals surface area contributed by atoms with Crippen LogP contribution in [0.3, 0.4) is 0 Å². The van der Waals surface area contributed by atoms with E-state index in [4.69, 9.17) is 0 Å². The quantitative estimate of drug-likeness (QED) is 0.789. The third kappa shape index (κ3) is 4.96. The summed E-state index contributed by atoms with van der Waals surface area (Å²) >= 11 is 0. The highest BCUT2D eigenvalue weighted by Crippen LogP contribution is 2.30. The fourth-order valence-corrected chi connectivity index (χ4v) is 3.88. The van der Waals surface area contributed by atoms with E-state index >= 15 is 0 Å². The first-order chi connectivity index (χ1) is 10.2. The molecule has 4 nitrogen and oxygen atoms in total. The molecular formula is C17H33N3O. The van der Waals surface area contributed by atoms with E-state index in [-0.39, 0.29) is 11.4 Å². The maximum absolute atomic E-state index is 12.3. The summed E-state index contributed by atoms with van der Waals surface area (Å²) in [5.41, 5.74) is 0.0634.